The Hall–Kier alpha value is -3.08. The number of nitrogens with two attached hydrogens (primary N) is 1. The molecule has 23 heavy (non-hydrogen) atoms. The fraction of sp³-hybridized carbons (Fsp3) is 0.111. The average molecular weight is 306 g/mol. The van der Waals surface area contributed by atoms with E-state index in [4.69, 9.17) is 10.5 Å². The van der Waals surface area contributed by atoms with E-state index in [0.717, 1.165) is 22.4 Å². The third-order valence-corrected chi connectivity index (χ3v) is 4.10. The van der Waals surface area contributed by atoms with Crippen molar-refractivity contribution < 1.29 is 14.3 Å². The van der Waals surface area contributed by atoms with E-state index in [-0.39, 0.29) is 12.3 Å². The fourth-order valence-corrected chi connectivity index (χ4v) is 3.12. The number of carbonyl (C=O) groups is 2. The highest BCUT2D eigenvalue weighted by Crippen LogP contribution is 2.46. The molecule has 1 unspecified atom stereocenters. The maximum Gasteiger partial charge on any atom is 0.260 e. The lowest BCUT2D eigenvalue weighted by Gasteiger charge is -2.10. The fourth-order valence-electron chi connectivity index (χ4n) is 3.12. The molecular weight excluding hydrogens is 292 g/mol. The molecule has 2 heterocycles. The molecule has 0 saturated heterocycles. The monoisotopic (exact) mass is 306 g/mol. The largest absolute Gasteiger partial charge is 0.484 e. The van der Waals surface area contributed by atoms with Crippen molar-refractivity contribution in [1.29, 1.82) is 0 Å². The van der Waals surface area contributed by atoms with Crippen molar-refractivity contribution in [1.82, 2.24) is 0 Å². The second kappa shape index (κ2) is 4.98. The van der Waals surface area contributed by atoms with E-state index >= 15 is 0 Å². The van der Waals surface area contributed by atoms with Crippen LogP contribution in [0.4, 0.5) is 5.69 Å². The molecule has 0 radical (unpaired) electrons. The van der Waals surface area contributed by atoms with Crippen molar-refractivity contribution in [2.24, 2.45) is 5.73 Å². The van der Waals surface area contributed by atoms with Crippen LogP contribution in [0.5, 0.6) is 0 Å². The van der Waals surface area contributed by atoms with Gasteiger partial charge in [-0.3, -0.25) is 9.59 Å². The topological polar surface area (TPSA) is 81.4 Å². The van der Waals surface area contributed by atoms with Gasteiger partial charge in [0.05, 0.1) is 12.0 Å². The van der Waals surface area contributed by atoms with Crippen LogP contribution in [0.25, 0.3) is 11.3 Å². The Morgan fingerprint density at radius 1 is 1.09 bits per heavy atom. The van der Waals surface area contributed by atoms with Crippen LogP contribution in [0.15, 0.2) is 48.5 Å². The number of hydrogen-bond acceptors (Lipinski definition) is 3. The number of anilines is 1. The summed E-state index contributed by atoms with van der Waals surface area (Å²) < 4.78 is 5.97. The molecule has 5 heteroatoms. The molecule has 0 bridgehead atoms. The molecule has 4 rings (SSSR count). The quantitative estimate of drug-likeness (QED) is 0.836. The zero-order chi connectivity index (χ0) is 16.0. The Balaban J connectivity index is 1.90. The van der Waals surface area contributed by atoms with Gasteiger partial charge in [0, 0.05) is 22.4 Å². The molecule has 0 spiro atoms. The van der Waals surface area contributed by atoms with Gasteiger partial charge in [-0.05, 0) is 6.07 Å². The van der Waals surface area contributed by atoms with Crippen molar-refractivity contribution in [3.8, 4) is 0 Å². The van der Waals surface area contributed by atoms with E-state index in [1.807, 2.05) is 48.5 Å². The molecule has 0 aromatic heterocycles. The molecule has 2 aromatic carbocycles. The summed E-state index contributed by atoms with van der Waals surface area (Å²) in [5.74, 6) is -0.127. The highest BCUT2D eigenvalue weighted by atomic mass is 16.5. The van der Waals surface area contributed by atoms with Crippen LogP contribution in [-0.2, 0) is 14.3 Å². The van der Waals surface area contributed by atoms with E-state index in [2.05, 4.69) is 5.32 Å². The minimum Gasteiger partial charge on any atom is -0.484 e. The number of hydrogen-bond donors (Lipinski definition) is 2. The third-order valence-electron chi connectivity index (χ3n) is 4.10. The Labute approximate surface area is 132 Å². The number of primary amides is 1. The second-order valence-corrected chi connectivity index (χ2v) is 5.57. The van der Waals surface area contributed by atoms with Crippen molar-refractivity contribution in [3.05, 3.63) is 65.2 Å². The third kappa shape index (κ3) is 2.09. The Morgan fingerprint density at radius 2 is 1.78 bits per heavy atom. The summed E-state index contributed by atoms with van der Waals surface area (Å²) in [6.45, 7) is 0. The predicted molar refractivity (Wildman–Crippen MR) is 86.0 cm³/mol. The molecule has 5 nitrogen and oxygen atoms in total. The highest BCUT2D eigenvalue weighted by Gasteiger charge is 2.36. The van der Waals surface area contributed by atoms with E-state index in [9.17, 15) is 9.59 Å². The molecule has 2 aromatic rings. The van der Waals surface area contributed by atoms with E-state index in [1.54, 1.807) is 0 Å². The molecule has 2 aliphatic rings. The van der Waals surface area contributed by atoms with Crippen LogP contribution >= 0.6 is 0 Å². The van der Waals surface area contributed by atoms with Gasteiger partial charge in [-0.1, -0.05) is 42.5 Å². The van der Waals surface area contributed by atoms with Crippen LogP contribution in [0.3, 0.4) is 0 Å². The lowest BCUT2D eigenvalue weighted by atomic mass is 9.98. The first-order valence-corrected chi connectivity index (χ1v) is 7.34. The number of benzene rings is 2. The van der Waals surface area contributed by atoms with Gasteiger partial charge in [0.2, 0.25) is 5.91 Å². The van der Waals surface area contributed by atoms with E-state index in [0.29, 0.717) is 11.3 Å². The Kier molecular flexibility index (Phi) is 2.94. The Morgan fingerprint density at radius 3 is 2.57 bits per heavy atom. The summed E-state index contributed by atoms with van der Waals surface area (Å²) >= 11 is 0. The molecule has 0 aliphatic carbocycles. The number of carbonyl (C=O) groups excluding carboxylic acids is 2. The molecule has 3 N–H and O–H groups in total. The van der Waals surface area contributed by atoms with Crippen LogP contribution in [0, 0.1) is 0 Å². The Bertz CT molecular complexity index is 870. The standard InChI is InChI=1S/C18H14N2O3/c19-15(21)9-14-10-5-1-2-6-11(10)17(23-14)16-12-7-3-4-8-13(12)20-18(16)22/h1-8,14H,9H2,(H2,19,21)(H,20,22)/b17-16-. The van der Waals surface area contributed by atoms with Crippen molar-refractivity contribution in [2.45, 2.75) is 12.5 Å². The minimum atomic E-state index is -0.452. The molecule has 0 saturated carbocycles. The molecule has 2 aliphatic heterocycles. The first-order valence-electron chi connectivity index (χ1n) is 7.34. The second-order valence-electron chi connectivity index (χ2n) is 5.57. The number of fused-ring (bicyclic) bond motifs is 2. The van der Waals surface area contributed by atoms with Crippen LogP contribution in [0.1, 0.15) is 29.2 Å². The average Bonchev–Trinajstić information content (AvgIpc) is 3.04. The highest BCUT2D eigenvalue weighted by molar-refractivity contribution is 6.36. The van der Waals surface area contributed by atoms with Crippen molar-refractivity contribution in [3.63, 3.8) is 0 Å². The first kappa shape index (κ1) is 13.6. The summed E-state index contributed by atoms with van der Waals surface area (Å²) in [6.07, 6.45) is -0.372. The number of ether oxygens (including phenoxy) is 1. The molecule has 2 amide bonds. The molecule has 0 fully saturated rings. The maximum absolute atomic E-state index is 12.4. The first-order chi connectivity index (χ1) is 11.1. The summed E-state index contributed by atoms with van der Waals surface area (Å²) in [5, 5.41) is 2.84. The molecule has 114 valence electrons. The summed E-state index contributed by atoms with van der Waals surface area (Å²) in [6, 6.07) is 15.0. The SMILES string of the molecule is NC(=O)CC1O/C(=C2\C(=O)Nc3ccccc32)c2ccccc21. The van der Waals surface area contributed by atoms with Gasteiger partial charge in [0.15, 0.2) is 0 Å². The van der Waals surface area contributed by atoms with E-state index < -0.39 is 12.0 Å². The number of rotatable bonds is 2. The molecular formula is C18H14N2O3. The lowest BCUT2D eigenvalue weighted by Crippen LogP contribution is -2.14. The van der Waals surface area contributed by atoms with Crippen LogP contribution in [-0.4, -0.2) is 11.8 Å². The van der Waals surface area contributed by atoms with Crippen LogP contribution in [0.2, 0.25) is 0 Å². The van der Waals surface area contributed by atoms with Crippen molar-refractivity contribution >= 4 is 28.8 Å². The summed E-state index contributed by atoms with van der Waals surface area (Å²) in [7, 11) is 0. The normalized spacial score (nSPS) is 21.4. The van der Waals surface area contributed by atoms with Gasteiger partial charge in [0.25, 0.3) is 5.91 Å². The number of para-hydroxylation sites is 1. The van der Waals surface area contributed by atoms with Gasteiger partial charge in [0.1, 0.15) is 11.9 Å². The number of amides is 2. The summed E-state index contributed by atoms with van der Waals surface area (Å²) in [4.78, 5) is 23.7. The van der Waals surface area contributed by atoms with Gasteiger partial charge < -0.3 is 15.8 Å². The zero-order valence-corrected chi connectivity index (χ0v) is 12.2. The summed E-state index contributed by atoms with van der Waals surface area (Å²) in [5.41, 5.74) is 9.10. The predicted octanol–water partition coefficient (Wildman–Crippen LogP) is 2.45. The van der Waals surface area contributed by atoms with Crippen molar-refractivity contribution in [2.75, 3.05) is 5.32 Å². The zero-order valence-electron chi connectivity index (χ0n) is 12.2. The van der Waals surface area contributed by atoms with Gasteiger partial charge >= 0.3 is 0 Å². The number of nitrogens with one attached hydrogen (secondary N) is 1. The van der Waals surface area contributed by atoms with Gasteiger partial charge in [-0.25, -0.2) is 0 Å². The van der Waals surface area contributed by atoms with Gasteiger partial charge in [-0.15, -0.1) is 0 Å². The van der Waals surface area contributed by atoms with Gasteiger partial charge in [-0.2, -0.15) is 0 Å². The minimum absolute atomic E-state index is 0.0804. The maximum atomic E-state index is 12.4. The van der Waals surface area contributed by atoms with E-state index in [1.165, 1.54) is 0 Å². The molecule has 1 atom stereocenters. The van der Waals surface area contributed by atoms with Crippen LogP contribution < -0.4 is 11.1 Å². The lowest BCUT2D eigenvalue weighted by molar-refractivity contribution is -0.119. The smallest absolute Gasteiger partial charge is 0.260 e.